The van der Waals surface area contributed by atoms with Gasteiger partial charge in [-0.25, -0.2) is 4.68 Å². The Morgan fingerprint density at radius 1 is 1.20 bits per heavy atom. The Morgan fingerprint density at radius 3 is 2.27 bits per heavy atom. The van der Waals surface area contributed by atoms with Crippen molar-refractivity contribution in [2.45, 2.75) is 13.8 Å². The molecule has 0 spiro atoms. The minimum absolute atomic E-state index is 0.625. The fourth-order valence-corrected chi connectivity index (χ4v) is 1.88. The van der Waals surface area contributed by atoms with Crippen LogP contribution in [0.3, 0.4) is 0 Å². The van der Waals surface area contributed by atoms with E-state index >= 15 is 0 Å². The van der Waals surface area contributed by atoms with Crippen LogP contribution in [0.5, 0.6) is 0 Å². The second-order valence-corrected chi connectivity index (χ2v) is 4.49. The molecule has 0 aliphatic rings. The number of nitrogens with zero attached hydrogens (tertiary/aromatic N) is 2. The number of nitrogens with two attached hydrogens (primary N) is 1. The van der Waals surface area contributed by atoms with E-state index in [2.05, 4.69) is 53.1 Å². The SMILES string of the molecule is Cc1cc(C)cc(-n2ncc(Br)c2N)c1. The van der Waals surface area contributed by atoms with Crippen molar-refractivity contribution in [3.05, 3.63) is 40.0 Å². The van der Waals surface area contributed by atoms with Crippen molar-refractivity contribution in [3.8, 4) is 5.69 Å². The summed E-state index contributed by atoms with van der Waals surface area (Å²) in [5, 5.41) is 4.21. The zero-order valence-corrected chi connectivity index (χ0v) is 10.2. The van der Waals surface area contributed by atoms with Crippen molar-refractivity contribution in [1.29, 1.82) is 0 Å². The Balaban J connectivity index is 2.58. The molecule has 0 aliphatic heterocycles. The summed E-state index contributed by atoms with van der Waals surface area (Å²) < 4.78 is 2.55. The van der Waals surface area contributed by atoms with Crippen LogP contribution in [-0.2, 0) is 0 Å². The quantitative estimate of drug-likeness (QED) is 0.862. The van der Waals surface area contributed by atoms with Gasteiger partial charge in [-0.05, 0) is 53.0 Å². The Hall–Kier alpha value is -1.29. The molecule has 0 bridgehead atoms. The lowest BCUT2D eigenvalue weighted by Crippen LogP contribution is -2.02. The van der Waals surface area contributed by atoms with E-state index in [4.69, 9.17) is 5.73 Å². The van der Waals surface area contributed by atoms with Crippen LogP contribution in [0, 0.1) is 13.8 Å². The average molecular weight is 266 g/mol. The molecule has 1 aromatic carbocycles. The van der Waals surface area contributed by atoms with Crippen LogP contribution in [0.25, 0.3) is 5.69 Å². The number of rotatable bonds is 1. The molecular weight excluding hydrogens is 254 g/mol. The fraction of sp³-hybridized carbons (Fsp3) is 0.182. The maximum Gasteiger partial charge on any atom is 0.141 e. The van der Waals surface area contributed by atoms with Gasteiger partial charge >= 0.3 is 0 Å². The van der Waals surface area contributed by atoms with Gasteiger partial charge in [0.25, 0.3) is 0 Å². The Morgan fingerprint density at radius 2 is 1.80 bits per heavy atom. The molecule has 78 valence electrons. The highest BCUT2D eigenvalue weighted by molar-refractivity contribution is 9.10. The van der Waals surface area contributed by atoms with E-state index < -0.39 is 0 Å². The van der Waals surface area contributed by atoms with E-state index in [0.717, 1.165) is 10.2 Å². The lowest BCUT2D eigenvalue weighted by Gasteiger charge is -2.06. The molecule has 4 heteroatoms. The van der Waals surface area contributed by atoms with Crippen LogP contribution < -0.4 is 5.73 Å². The molecule has 0 atom stereocenters. The molecule has 15 heavy (non-hydrogen) atoms. The Bertz CT molecular complexity index is 482. The summed E-state index contributed by atoms with van der Waals surface area (Å²) in [5.74, 6) is 0.625. The van der Waals surface area contributed by atoms with Crippen LogP contribution >= 0.6 is 15.9 Å². The second-order valence-electron chi connectivity index (χ2n) is 3.64. The lowest BCUT2D eigenvalue weighted by atomic mass is 10.1. The molecule has 0 unspecified atom stereocenters. The van der Waals surface area contributed by atoms with Crippen molar-refractivity contribution in [2.75, 3.05) is 5.73 Å². The van der Waals surface area contributed by atoms with E-state index in [1.165, 1.54) is 11.1 Å². The van der Waals surface area contributed by atoms with Gasteiger partial charge in [0.1, 0.15) is 5.82 Å². The number of hydrogen-bond donors (Lipinski definition) is 1. The first-order valence-electron chi connectivity index (χ1n) is 4.65. The summed E-state index contributed by atoms with van der Waals surface area (Å²) in [5.41, 5.74) is 9.29. The van der Waals surface area contributed by atoms with Gasteiger partial charge in [-0.1, -0.05) is 6.07 Å². The molecule has 0 amide bonds. The predicted octanol–water partition coefficient (Wildman–Crippen LogP) is 2.83. The molecule has 2 N–H and O–H groups in total. The zero-order chi connectivity index (χ0) is 11.0. The largest absolute Gasteiger partial charge is 0.383 e. The zero-order valence-electron chi connectivity index (χ0n) is 8.66. The van der Waals surface area contributed by atoms with E-state index in [9.17, 15) is 0 Å². The van der Waals surface area contributed by atoms with Gasteiger partial charge < -0.3 is 5.73 Å². The number of hydrogen-bond acceptors (Lipinski definition) is 2. The van der Waals surface area contributed by atoms with Crippen LogP contribution in [-0.4, -0.2) is 9.78 Å². The van der Waals surface area contributed by atoms with Crippen molar-refractivity contribution in [1.82, 2.24) is 9.78 Å². The summed E-state index contributed by atoms with van der Waals surface area (Å²) in [7, 11) is 0. The van der Waals surface area contributed by atoms with Gasteiger partial charge in [0.2, 0.25) is 0 Å². The minimum Gasteiger partial charge on any atom is -0.383 e. The summed E-state index contributed by atoms with van der Waals surface area (Å²) >= 11 is 3.34. The topological polar surface area (TPSA) is 43.8 Å². The first-order valence-corrected chi connectivity index (χ1v) is 5.45. The molecule has 2 rings (SSSR count). The summed E-state index contributed by atoms with van der Waals surface area (Å²) in [6.45, 7) is 4.12. The van der Waals surface area contributed by atoms with E-state index in [1.54, 1.807) is 10.9 Å². The standard InChI is InChI=1S/C11H12BrN3/c1-7-3-8(2)5-9(4-7)15-11(13)10(12)6-14-15/h3-6H,13H2,1-2H3. The summed E-state index contributed by atoms with van der Waals surface area (Å²) in [6, 6.07) is 6.24. The average Bonchev–Trinajstić information content (AvgIpc) is 2.46. The van der Waals surface area contributed by atoms with E-state index in [1.807, 2.05) is 0 Å². The fourth-order valence-electron chi connectivity index (χ4n) is 1.62. The van der Waals surface area contributed by atoms with Gasteiger partial charge in [0, 0.05) is 0 Å². The van der Waals surface area contributed by atoms with Crippen molar-refractivity contribution in [3.63, 3.8) is 0 Å². The molecule has 3 nitrogen and oxygen atoms in total. The monoisotopic (exact) mass is 265 g/mol. The smallest absolute Gasteiger partial charge is 0.141 e. The number of nitrogen functional groups attached to an aromatic ring is 1. The third-order valence-corrected chi connectivity index (χ3v) is 2.82. The molecule has 0 radical (unpaired) electrons. The number of anilines is 1. The molecule has 1 aromatic heterocycles. The third-order valence-electron chi connectivity index (χ3n) is 2.21. The van der Waals surface area contributed by atoms with Gasteiger partial charge in [-0.3, -0.25) is 0 Å². The summed E-state index contributed by atoms with van der Waals surface area (Å²) in [4.78, 5) is 0. The molecule has 1 heterocycles. The van der Waals surface area contributed by atoms with Crippen molar-refractivity contribution >= 4 is 21.7 Å². The molecule has 0 aliphatic carbocycles. The van der Waals surface area contributed by atoms with E-state index in [0.29, 0.717) is 5.82 Å². The third kappa shape index (κ3) is 1.90. The Labute approximate surface area is 97.0 Å². The highest BCUT2D eigenvalue weighted by Gasteiger charge is 2.06. The normalized spacial score (nSPS) is 10.6. The molecule has 0 saturated heterocycles. The minimum atomic E-state index is 0.625. The predicted molar refractivity (Wildman–Crippen MR) is 65.2 cm³/mol. The first-order chi connectivity index (χ1) is 7.08. The van der Waals surface area contributed by atoms with Gasteiger partial charge in [-0.15, -0.1) is 0 Å². The van der Waals surface area contributed by atoms with Crippen molar-refractivity contribution in [2.24, 2.45) is 0 Å². The molecule has 0 saturated carbocycles. The van der Waals surface area contributed by atoms with Gasteiger partial charge in [0.15, 0.2) is 0 Å². The van der Waals surface area contributed by atoms with Gasteiger partial charge in [0.05, 0.1) is 16.4 Å². The van der Waals surface area contributed by atoms with Crippen LogP contribution in [0.1, 0.15) is 11.1 Å². The molecule has 2 aromatic rings. The van der Waals surface area contributed by atoms with Gasteiger partial charge in [-0.2, -0.15) is 5.10 Å². The highest BCUT2D eigenvalue weighted by Crippen LogP contribution is 2.22. The van der Waals surface area contributed by atoms with Crippen molar-refractivity contribution < 1.29 is 0 Å². The molecular formula is C11H12BrN3. The maximum atomic E-state index is 5.89. The highest BCUT2D eigenvalue weighted by atomic mass is 79.9. The summed E-state index contributed by atoms with van der Waals surface area (Å²) in [6.07, 6.45) is 1.70. The number of halogens is 1. The molecule has 0 fully saturated rings. The number of aryl methyl sites for hydroxylation is 2. The Kier molecular flexibility index (Phi) is 2.52. The number of aromatic nitrogens is 2. The van der Waals surface area contributed by atoms with Crippen LogP contribution in [0.4, 0.5) is 5.82 Å². The van der Waals surface area contributed by atoms with E-state index in [-0.39, 0.29) is 0 Å². The first kappa shape index (κ1) is 10.2. The van der Waals surface area contributed by atoms with Crippen LogP contribution in [0.2, 0.25) is 0 Å². The second kappa shape index (κ2) is 3.70. The lowest BCUT2D eigenvalue weighted by molar-refractivity contribution is 0.888. The van der Waals surface area contributed by atoms with Crippen LogP contribution in [0.15, 0.2) is 28.9 Å². The number of benzene rings is 1. The maximum absolute atomic E-state index is 5.89.